The summed E-state index contributed by atoms with van der Waals surface area (Å²) in [5.41, 5.74) is 3.55. The van der Waals surface area contributed by atoms with Crippen LogP contribution in [0.4, 0.5) is 0 Å². The Bertz CT molecular complexity index is 816. The normalized spacial score (nSPS) is 11.3. The van der Waals surface area contributed by atoms with Gasteiger partial charge >= 0.3 is 0 Å². The molecule has 1 unspecified atom stereocenters. The maximum Gasteiger partial charge on any atom is 0.274 e. The minimum absolute atomic E-state index is 0.222. The van der Waals surface area contributed by atoms with Crippen LogP contribution >= 0.6 is 0 Å². The number of carbonyl (C=O) groups is 2. The predicted octanol–water partition coefficient (Wildman–Crippen LogP) is 2.38. The van der Waals surface area contributed by atoms with Gasteiger partial charge in [-0.25, -0.2) is 5.48 Å². The molecule has 2 aromatic rings. The molecule has 0 aliphatic rings. The van der Waals surface area contributed by atoms with Crippen LogP contribution in [0.25, 0.3) is 6.08 Å². The molecule has 2 aromatic carbocycles. The zero-order valence-electron chi connectivity index (χ0n) is 13.7. The second kappa shape index (κ2) is 9.06. The predicted molar refractivity (Wildman–Crippen MR) is 95.7 cm³/mol. The molecule has 0 fully saturated rings. The summed E-state index contributed by atoms with van der Waals surface area (Å²) in [5, 5.41) is 11.3. The fraction of sp³-hybridized carbons (Fsp3) is 0.100. The van der Waals surface area contributed by atoms with Crippen LogP contribution < -0.4 is 10.8 Å². The monoisotopic (exact) mass is 334 g/mol. The lowest BCUT2D eigenvalue weighted by Gasteiger charge is -2.04. The summed E-state index contributed by atoms with van der Waals surface area (Å²) in [4.78, 5) is 23.1. The zero-order valence-corrected chi connectivity index (χ0v) is 13.7. The number of rotatable bonds is 4. The van der Waals surface area contributed by atoms with Gasteiger partial charge in [0.15, 0.2) is 0 Å². The molecule has 3 N–H and O–H groups in total. The van der Waals surface area contributed by atoms with Crippen molar-refractivity contribution in [2.75, 3.05) is 0 Å². The molecular weight excluding hydrogens is 316 g/mol. The summed E-state index contributed by atoms with van der Waals surface area (Å²) < 4.78 is 0. The van der Waals surface area contributed by atoms with E-state index >= 15 is 0 Å². The number of hydroxylamine groups is 1. The summed E-state index contributed by atoms with van der Waals surface area (Å²) >= 11 is 0. The molecule has 0 aromatic heterocycles. The molecule has 0 radical (unpaired) electrons. The summed E-state index contributed by atoms with van der Waals surface area (Å²) in [6.07, 6.45) is 3.20. The zero-order chi connectivity index (χ0) is 18.1. The van der Waals surface area contributed by atoms with E-state index in [1.807, 2.05) is 30.3 Å². The first-order chi connectivity index (χ1) is 12.1. The van der Waals surface area contributed by atoms with Crippen LogP contribution in [0.2, 0.25) is 0 Å². The largest absolute Gasteiger partial charge is 0.339 e. The van der Waals surface area contributed by atoms with Crippen LogP contribution in [-0.2, 0) is 4.79 Å². The van der Waals surface area contributed by atoms with Crippen molar-refractivity contribution in [1.29, 1.82) is 0 Å². The molecule has 0 aliphatic heterocycles. The highest BCUT2D eigenvalue weighted by Gasteiger charge is 2.03. The summed E-state index contributed by atoms with van der Waals surface area (Å²) in [6.45, 7) is 1.79. The molecule has 0 saturated heterocycles. The third kappa shape index (κ3) is 5.98. The van der Waals surface area contributed by atoms with E-state index in [1.54, 1.807) is 42.7 Å². The second-order valence-electron chi connectivity index (χ2n) is 5.26. The van der Waals surface area contributed by atoms with Crippen molar-refractivity contribution in [2.45, 2.75) is 13.0 Å². The maximum absolute atomic E-state index is 11.9. The Kier molecular flexibility index (Phi) is 6.52. The standard InChI is InChI=1S/C20H18N2O3/c1-15(21-19(23)14-11-16-5-3-2-4-6-16)7-8-17-9-12-18(13-10-17)20(24)22-25/h2-6,9-15,25H,1H3,(H,21,23)(H,22,24). The number of nitrogens with one attached hydrogen (secondary N) is 2. The molecule has 25 heavy (non-hydrogen) atoms. The fourth-order valence-electron chi connectivity index (χ4n) is 1.99. The lowest BCUT2D eigenvalue weighted by atomic mass is 10.1. The second-order valence-corrected chi connectivity index (χ2v) is 5.26. The van der Waals surface area contributed by atoms with Gasteiger partial charge in [-0.3, -0.25) is 14.8 Å². The van der Waals surface area contributed by atoms with Crippen LogP contribution in [0.3, 0.4) is 0 Å². The highest BCUT2D eigenvalue weighted by atomic mass is 16.5. The fourth-order valence-corrected chi connectivity index (χ4v) is 1.99. The Balaban J connectivity index is 1.91. The van der Waals surface area contributed by atoms with E-state index in [4.69, 9.17) is 5.21 Å². The van der Waals surface area contributed by atoms with Crippen molar-refractivity contribution in [3.8, 4) is 11.8 Å². The van der Waals surface area contributed by atoms with Crippen LogP contribution in [0.15, 0.2) is 60.7 Å². The lowest BCUT2D eigenvalue weighted by molar-refractivity contribution is -0.116. The van der Waals surface area contributed by atoms with Gasteiger partial charge in [0.05, 0.1) is 6.04 Å². The van der Waals surface area contributed by atoms with Crippen LogP contribution in [0, 0.1) is 11.8 Å². The Hall–Kier alpha value is -3.36. The molecule has 126 valence electrons. The van der Waals surface area contributed by atoms with Crippen LogP contribution in [0.5, 0.6) is 0 Å². The van der Waals surface area contributed by atoms with Gasteiger partial charge in [-0.1, -0.05) is 42.2 Å². The molecule has 0 bridgehead atoms. The van der Waals surface area contributed by atoms with Crippen LogP contribution in [-0.4, -0.2) is 23.1 Å². The average molecular weight is 334 g/mol. The van der Waals surface area contributed by atoms with E-state index in [0.29, 0.717) is 11.1 Å². The first-order valence-corrected chi connectivity index (χ1v) is 7.68. The summed E-state index contributed by atoms with van der Waals surface area (Å²) in [5.74, 6) is 5.05. The highest BCUT2D eigenvalue weighted by Crippen LogP contribution is 2.03. The minimum atomic E-state index is -0.578. The average Bonchev–Trinajstić information content (AvgIpc) is 2.65. The van der Waals surface area contributed by atoms with Gasteiger partial charge in [-0.2, -0.15) is 0 Å². The van der Waals surface area contributed by atoms with Crippen molar-refractivity contribution in [1.82, 2.24) is 10.8 Å². The molecule has 2 amide bonds. The highest BCUT2D eigenvalue weighted by molar-refractivity contribution is 5.93. The number of hydrogen-bond acceptors (Lipinski definition) is 3. The summed E-state index contributed by atoms with van der Waals surface area (Å²) in [7, 11) is 0. The van der Waals surface area contributed by atoms with Gasteiger partial charge in [0.25, 0.3) is 5.91 Å². The number of carbonyl (C=O) groups excluding carboxylic acids is 2. The first kappa shape index (κ1) is 18.0. The van der Waals surface area contributed by atoms with Crippen molar-refractivity contribution >= 4 is 17.9 Å². The van der Waals surface area contributed by atoms with Gasteiger partial charge in [-0.15, -0.1) is 0 Å². The van der Waals surface area contributed by atoms with Crippen molar-refractivity contribution in [3.63, 3.8) is 0 Å². The summed E-state index contributed by atoms with van der Waals surface area (Å²) in [6, 6.07) is 15.7. The van der Waals surface area contributed by atoms with Gasteiger partial charge in [-0.05, 0) is 42.8 Å². The Morgan fingerprint density at radius 2 is 1.76 bits per heavy atom. The molecule has 0 heterocycles. The first-order valence-electron chi connectivity index (χ1n) is 7.68. The van der Waals surface area contributed by atoms with Gasteiger partial charge < -0.3 is 5.32 Å². The van der Waals surface area contributed by atoms with Crippen molar-refractivity contribution < 1.29 is 14.8 Å². The van der Waals surface area contributed by atoms with E-state index in [2.05, 4.69) is 17.2 Å². The smallest absolute Gasteiger partial charge is 0.274 e. The lowest BCUT2D eigenvalue weighted by Crippen LogP contribution is -2.29. The minimum Gasteiger partial charge on any atom is -0.339 e. The van der Waals surface area contributed by atoms with Crippen molar-refractivity contribution in [3.05, 3.63) is 77.4 Å². The van der Waals surface area contributed by atoms with E-state index in [9.17, 15) is 9.59 Å². The number of hydrogen-bond donors (Lipinski definition) is 3. The number of amides is 2. The van der Waals surface area contributed by atoms with E-state index in [-0.39, 0.29) is 11.9 Å². The van der Waals surface area contributed by atoms with Gasteiger partial charge in [0.2, 0.25) is 5.91 Å². The van der Waals surface area contributed by atoms with Gasteiger partial charge in [0.1, 0.15) is 0 Å². The Morgan fingerprint density at radius 3 is 2.40 bits per heavy atom. The Labute approximate surface area is 146 Å². The third-order valence-corrected chi connectivity index (χ3v) is 3.27. The molecule has 0 saturated carbocycles. The topological polar surface area (TPSA) is 78.4 Å². The maximum atomic E-state index is 11.9. The van der Waals surface area contributed by atoms with Crippen molar-refractivity contribution in [2.24, 2.45) is 0 Å². The van der Waals surface area contributed by atoms with E-state index in [1.165, 1.54) is 6.08 Å². The molecule has 1 atom stereocenters. The molecule has 2 rings (SSSR count). The molecule has 0 aliphatic carbocycles. The molecular formula is C20H18N2O3. The SMILES string of the molecule is CC(C#Cc1ccc(C(=O)NO)cc1)NC(=O)C=Cc1ccccc1. The van der Waals surface area contributed by atoms with Gasteiger partial charge in [0, 0.05) is 17.2 Å². The van der Waals surface area contributed by atoms with E-state index < -0.39 is 5.91 Å². The quantitative estimate of drug-likeness (QED) is 0.348. The third-order valence-electron chi connectivity index (χ3n) is 3.27. The van der Waals surface area contributed by atoms with E-state index in [0.717, 1.165) is 5.56 Å². The Morgan fingerprint density at radius 1 is 1.08 bits per heavy atom. The molecule has 5 nitrogen and oxygen atoms in total. The number of benzene rings is 2. The molecule has 0 spiro atoms. The molecule has 5 heteroatoms. The van der Waals surface area contributed by atoms with Crippen LogP contribution in [0.1, 0.15) is 28.4 Å².